The number of benzene rings is 2. The number of hydrogen-bond donors (Lipinski definition) is 2. The Bertz CT molecular complexity index is 640. The van der Waals surface area contributed by atoms with Gasteiger partial charge in [0, 0.05) is 13.7 Å². The molecule has 0 aliphatic carbocycles. The molecule has 4 nitrogen and oxygen atoms in total. The number of carbonyl (C=O) groups is 1. The van der Waals surface area contributed by atoms with Crippen molar-refractivity contribution in [2.45, 2.75) is 31.4 Å². The number of amides is 1. The Kier molecular flexibility index (Phi) is 6.12. The summed E-state index contributed by atoms with van der Waals surface area (Å²) >= 11 is 0. The van der Waals surface area contributed by atoms with Crippen molar-refractivity contribution in [2.24, 2.45) is 0 Å². The Labute approximate surface area is 143 Å². The van der Waals surface area contributed by atoms with Crippen LogP contribution in [0.3, 0.4) is 0 Å². The molecular formula is C20H25NO3. The molecule has 0 heterocycles. The van der Waals surface area contributed by atoms with Crippen LogP contribution in [0, 0.1) is 0 Å². The highest BCUT2D eigenvalue weighted by atomic mass is 16.3. The molecule has 0 aromatic heterocycles. The van der Waals surface area contributed by atoms with Gasteiger partial charge in [0.1, 0.15) is 0 Å². The van der Waals surface area contributed by atoms with Gasteiger partial charge in [0.15, 0.2) is 0 Å². The maximum absolute atomic E-state index is 12.7. The van der Waals surface area contributed by atoms with Crippen LogP contribution in [0.15, 0.2) is 60.7 Å². The highest BCUT2D eigenvalue weighted by Gasteiger charge is 2.30. The van der Waals surface area contributed by atoms with Crippen LogP contribution in [0.5, 0.6) is 0 Å². The van der Waals surface area contributed by atoms with Gasteiger partial charge in [-0.25, -0.2) is 0 Å². The Balaban J connectivity index is 2.15. The van der Waals surface area contributed by atoms with E-state index >= 15 is 0 Å². The average molecular weight is 327 g/mol. The van der Waals surface area contributed by atoms with E-state index in [1.54, 1.807) is 18.9 Å². The van der Waals surface area contributed by atoms with E-state index in [4.69, 9.17) is 0 Å². The summed E-state index contributed by atoms with van der Waals surface area (Å²) in [6.07, 6.45) is 0.446. The second kappa shape index (κ2) is 8.08. The standard InChI is InChI=1S/C20H25NO3/c1-20(24,17-11-7-4-8-12-17)15-19(23)21(2)18(13-14-22)16-9-5-3-6-10-16/h3-12,18,22,24H,13-15H2,1-2H3. The highest BCUT2D eigenvalue weighted by Crippen LogP contribution is 2.28. The zero-order chi connectivity index (χ0) is 17.6. The fraction of sp³-hybridized carbons (Fsp3) is 0.350. The summed E-state index contributed by atoms with van der Waals surface area (Å²) in [7, 11) is 1.72. The monoisotopic (exact) mass is 327 g/mol. The summed E-state index contributed by atoms with van der Waals surface area (Å²) in [5, 5.41) is 20.0. The number of hydrogen-bond acceptors (Lipinski definition) is 3. The Hall–Kier alpha value is -2.17. The van der Waals surface area contributed by atoms with Crippen LogP contribution in [0.4, 0.5) is 0 Å². The van der Waals surface area contributed by atoms with E-state index in [0.29, 0.717) is 12.0 Å². The van der Waals surface area contributed by atoms with Gasteiger partial charge in [-0.2, -0.15) is 0 Å². The van der Waals surface area contributed by atoms with Gasteiger partial charge in [-0.15, -0.1) is 0 Å². The number of aliphatic hydroxyl groups is 2. The number of nitrogens with zero attached hydrogens (tertiary/aromatic N) is 1. The van der Waals surface area contributed by atoms with Gasteiger partial charge in [-0.05, 0) is 24.5 Å². The third-order valence-corrected chi connectivity index (χ3v) is 4.34. The molecule has 0 aliphatic rings. The van der Waals surface area contributed by atoms with Gasteiger partial charge < -0.3 is 15.1 Å². The maximum Gasteiger partial charge on any atom is 0.226 e. The van der Waals surface area contributed by atoms with Gasteiger partial charge >= 0.3 is 0 Å². The first-order valence-corrected chi connectivity index (χ1v) is 8.15. The van der Waals surface area contributed by atoms with E-state index in [1.165, 1.54) is 0 Å². The first-order chi connectivity index (χ1) is 11.5. The molecule has 0 fully saturated rings. The summed E-state index contributed by atoms with van der Waals surface area (Å²) < 4.78 is 0. The van der Waals surface area contributed by atoms with Crippen molar-refractivity contribution in [1.29, 1.82) is 0 Å². The van der Waals surface area contributed by atoms with Gasteiger partial charge in [-0.1, -0.05) is 60.7 Å². The molecule has 0 saturated heterocycles. The van der Waals surface area contributed by atoms with E-state index in [2.05, 4.69) is 0 Å². The fourth-order valence-electron chi connectivity index (χ4n) is 2.87. The van der Waals surface area contributed by atoms with Crippen LogP contribution < -0.4 is 0 Å². The minimum atomic E-state index is -1.23. The van der Waals surface area contributed by atoms with Crippen LogP contribution in [0.2, 0.25) is 0 Å². The first-order valence-electron chi connectivity index (χ1n) is 8.15. The molecule has 24 heavy (non-hydrogen) atoms. The van der Waals surface area contributed by atoms with Crippen molar-refractivity contribution in [1.82, 2.24) is 4.90 Å². The second-order valence-electron chi connectivity index (χ2n) is 6.26. The normalized spacial score (nSPS) is 14.7. The van der Waals surface area contributed by atoms with E-state index in [9.17, 15) is 15.0 Å². The van der Waals surface area contributed by atoms with Crippen LogP contribution in [0.1, 0.15) is 36.9 Å². The number of rotatable bonds is 7. The van der Waals surface area contributed by atoms with Gasteiger partial charge in [0.25, 0.3) is 0 Å². The molecule has 0 bridgehead atoms. The second-order valence-corrected chi connectivity index (χ2v) is 6.26. The summed E-state index contributed by atoms with van der Waals surface area (Å²) in [6, 6.07) is 18.6. The topological polar surface area (TPSA) is 60.8 Å². The fourth-order valence-corrected chi connectivity index (χ4v) is 2.87. The zero-order valence-corrected chi connectivity index (χ0v) is 14.2. The van der Waals surface area contributed by atoms with Gasteiger partial charge in [-0.3, -0.25) is 4.79 Å². The van der Waals surface area contributed by atoms with E-state index < -0.39 is 5.60 Å². The summed E-state index contributed by atoms with van der Waals surface area (Å²) in [4.78, 5) is 14.3. The molecule has 4 heteroatoms. The third-order valence-electron chi connectivity index (χ3n) is 4.34. The van der Waals surface area contributed by atoms with E-state index in [1.807, 2.05) is 60.7 Å². The molecule has 0 aliphatic heterocycles. The molecule has 0 saturated carbocycles. The van der Waals surface area contributed by atoms with Crippen LogP contribution >= 0.6 is 0 Å². The molecular weight excluding hydrogens is 302 g/mol. The molecule has 2 aromatic carbocycles. The third kappa shape index (κ3) is 4.43. The van der Waals surface area contributed by atoms with Crippen molar-refractivity contribution in [2.75, 3.05) is 13.7 Å². The predicted molar refractivity (Wildman–Crippen MR) is 94.3 cm³/mol. The van der Waals surface area contributed by atoms with E-state index in [0.717, 1.165) is 5.56 Å². The average Bonchev–Trinajstić information content (AvgIpc) is 2.60. The molecule has 2 aromatic rings. The molecule has 2 N–H and O–H groups in total. The number of carbonyl (C=O) groups excluding carboxylic acids is 1. The Morgan fingerprint density at radius 1 is 1.08 bits per heavy atom. The quantitative estimate of drug-likeness (QED) is 0.822. The lowest BCUT2D eigenvalue weighted by molar-refractivity contribution is -0.137. The first kappa shape index (κ1) is 18.2. The lowest BCUT2D eigenvalue weighted by Gasteiger charge is -2.31. The van der Waals surface area contributed by atoms with E-state index in [-0.39, 0.29) is 25.0 Å². The van der Waals surface area contributed by atoms with Crippen LogP contribution in [0.25, 0.3) is 0 Å². The van der Waals surface area contributed by atoms with Crippen molar-refractivity contribution >= 4 is 5.91 Å². The van der Waals surface area contributed by atoms with Crippen LogP contribution in [-0.2, 0) is 10.4 Å². The molecule has 128 valence electrons. The largest absolute Gasteiger partial charge is 0.396 e. The Morgan fingerprint density at radius 2 is 1.62 bits per heavy atom. The molecule has 0 spiro atoms. The lowest BCUT2D eigenvalue weighted by Crippen LogP contribution is -2.37. The maximum atomic E-state index is 12.7. The van der Waals surface area contributed by atoms with Gasteiger partial charge in [0.05, 0.1) is 18.1 Å². The molecule has 2 unspecified atom stereocenters. The molecule has 2 atom stereocenters. The molecule has 0 radical (unpaired) electrons. The summed E-state index contributed by atoms with van der Waals surface area (Å²) in [5.41, 5.74) is 0.458. The highest BCUT2D eigenvalue weighted by molar-refractivity contribution is 5.77. The van der Waals surface area contributed by atoms with Gasteiger partial charge in [0.2, 0.25) is 5.91 Å². The number of aliphatic hydroxyl groups excluding tert-OH is 1. The Morgan fingerprint density at radius 3 is 2.17 bits per heavy atom. The van der Waals surface area contributed by atoms with Crippen molar-refractivity contribution in [3.05, 3.63) is 71.8 Å². The van der Waals surface area contributed by atoms with Crippen molar-refractivity contribution < 1.29 is 15.0 Å². The predicted octanol–water partition coefficient (Wildman–Crippen LogP) is 2.87. The molecule has 2 rings (SSSR count). The summed E-state index contributed by atoms with van der Waals surface area (Å²) in [5.74, 6) is -0.161. The lowest BCUT2D eigenvalue weighted by atomic mass is 9.91. The smallest absolute Gasteiger partial charge is 0.226 e. The summed E-state index contributed by atoms with van der Waals surface area (Å²) in [6.45, 7) is 1.64. The van der Waals surface area contributed by atoms with Crippen LogP contribution in [-0.4, -0.2) is 34.7 Å². The molecule has 1 amide bonds. The zero-order valence-electron chi connectivity index (χ0n) is 14.2. The van der Waals surface area contributed by atoms with Crippen molar-refractivity contribution in [3.8, 4) is 0 Å². The SMILES string of the molecule is CN(C(=O)CC(C)(O)c1ccccc1)C(CCO)c1ccccc1. The minimum absolute atomic E-state index is 0.00768. The van der Waals surface area contributed by atoms with Crippen molar-refractivity contribution in [3.63, 3.8) is 0 Å². The minimum Gasteiger partial charge on any atom is -0.396 e.